The molecule has 1 unspecified atom stereocenters. The summed E-state index contributed by atoms with van der Waals surface area (Å²) in [6, 6.07) is 8.55. The molecule has 7 nitrogen and oxygen atoms in total. The summed E-state index contributed by atoms with van der Waals surface area (Å²) in [6.07, 6.45) is 5.09. The number of hydrogen-bond acceptors (Lipinski definition) is 8. The molecule has 8 heteroatoms. The van der Waals surface area contributed by atoms with Gasteiger partial charge in [0.1, 0.15) is 10.8 Å². The van der Waals surface area contributed by atoms with Crippen LogP contribution in [-0.2, 0) is 14.2 Å². The molecule has 0 fully saturated rings. The number of fused-ring (bicyclic) bond motifs is 1. The summed E-state index contributed by atoms with van der Waals surface area (Å²) >= 11 is 1.73. The highest BCUT2D eigenvalue weighted by molar-refractivity contribution is 7.16. The van der Waals surface area contributed by atoms with E-state index in [0.29, 0.717) is 39.6 Å². The molecular weight excluding hydrogens is 496 g/mol. The Morgan fingerprint density at radius 2 is 1.63 bits per heavy atom. The Morgan fingerprint density at radius 3 is 2.18 bits per heavy atom. The lowest BCUT2D eigenvalue weighted by Gasteiger charge is -2.16. The Kier molecular flexibility index (Phi) is 20.3. The number of allylic oxidation sites excluding steroid dienone is 1. The van der Waals surface area contributed by atoms with Crippen LogP contribution >= 0.6 is 11.3 Å². The summed E-state index contributed by atoms with van der Waals surface area (Å²) < 4.78 is 15.0. The van der Waals surface area contributed by atoms with E-state index < -0.39 is 0 Å². The van der Waals surface area contributed by atoms with E-state index in [2.05, 4.69) is 63.4 Å². The molecule has 1 aliphatic rings. The van der Waals surface area contributed by atoms with Gasteiger partial charge in [0.15, 0.2) is 0 Å². The first kappa shape index (κ1) is 35.7. The highest BCUT2D eigenvalue weighted by Crippen LogP contribution is 2.43. The molecule has 1 aromatic carbocycles. The lowest BCUT2D eigenvalue weighted by Crippen LogP contribution is -2.21. The standard InChI is InChI=1S/C20H22N2S.C7H17NO3.C2H6.CH5N.H2/c1-5-15-7-9-16(10-8-15)17-11-6-12(2)19(21)22-20-18(17)13(3)14(4)23-20;1-9-4-5-11-7-6-10-3-2-8;2*1-2;/h5,7-12H,1,6H2,2-4H3,(H2,21,22);2-8H2,1H3;1-2H3;2H2,1H3;1H. The van der Waals surface area contributed by atoms with Crippen LogP contribution in [0.15, 0.2) is 41.9 Å². The van der Waals surface area contributed by atoms with Gasteiger partial charge in [-0.3, -0.25) is 0 Å². The van der Waals surface area contributed by atoms with E-state index in [0.717, 1.165) is 22.8 Å². The summed E-state index contributed by atoms with van der Waals surface area (Å²) in [5.74, 6) is 0.984. The van der Waals surface area contributed by atoms with Crippen molar-refractivity contribution in [3.05, 3.63) is 64.1 Å². The minimum atomic E-state index is 0. The molecule has 3 rings (SSSR count). The van der Waals surface area contributed by atoms with Crippen molar-refractivity contribution in [2.75, 3.05) is 53.7 Å². The number of methoxy groups -OCH3 is 1. The summed E-state index contributed by atoms with van der Waals surface area (Å²) in [5, 5.41) is 1.03. The smallest absolute Gasteiger partial charge is 0.126 e. The van der Waals surface area contributed by atoms with Gasteiger partial charge >= 0.3 is 0 Å². The third kappa shape index (κ3) is 12.0. The molecule has 2 heterocycles. The van der Waals surface area contributed by atoms with Crippen molar-refractivity contribution in [1.29, 1.82) is 0 Å². The summed E-state index contributed by atoms with van der Waals surface area (Å²) in [6.45, 7) is 17.9. The second-order valence-electron chi connectivity index (χ2n) is 8.09. The number of aliphatic imine (C=N–C) groups is 1. The van der Waals surface area contributed by atoms with Gasteiger partial charge in [-0.2, -0.15) is 0 Å². The van der Waals surface area contributed by atoms with Gasteiger partial charge < -0.3 is 31.4 Å². The Bertz CT molecular complexity index is 967. The number of thiophene rings is 1. The van der Waals surface area contributed by atoms with Gasteiger partial charge in [-0.25, -0.2) is 4.99 Å². The quantitative estimate of drug-likeness (QED) is 0.316. The van der Waals surface area contributed by atoms with E-state index in [1.807, 2.05) is 19.9 Å². The van der Waals surface area contributed by atoms with Crippen LogP contribution in [-0.4, -0.2) is 59.6 Å². The van der Waals surface area contributed by atoms with Crippen LogP contribution in [0.3, 0.4) is 0 Å². The molecule has 1 aliphatic heterocycles. The van der Waals surface area contributed by atoms with Crippen molar-refractivity contribution < 1.29 is 15.6 Å². The molecule has 1 aromatic heterocycles. The highest BCUT2D eigenvalue weighted by Gasteiger charge is 2.21. The minimum Gasteiger partial charge on any atom is -0.387 e. The van der Waals surface area contributed by atoms with Gasteiger partial charge in [0, 0.05) is 31.4 Å². The van der Waals surface area contributed by atoms with Crippen molar-refractivity contribution in [1.82, 2.24) is 0 Å². The van der Waals surface area contributed by atoms with E-state index in [9.17, 15) is 0 Å². The maximum atomic E-state index is 6.16. The van der Waals surface area contributed by atoms with Crippen molar-refractivity contribution in [3.63, 3.8) is 0 Å². The van der Waals surface area contributed by atoms with Crippen molar-refractivity contribution in [2.24, 2.45) is 28.1 Å². The third-order valence-electron chi connectivity index (χ3n) is 5.57. The van der Waals surface area contributed by atoms with Gasteiger partial charge in [0.2, 0.25) is 0 Å². The number of hydrogen-bond donors (Lipinski definition) is 3. The van der Waals surface area contributed by atoms with E-state index in [4.69, 9.17) is 30.7 Å². The van der Waals surface area contributed by atoms with Gasteiger partial charge in [0.05, 0.1) is 33.0 Å². The van der Waals surface area contributed by atoms with E-state index in [1.165, 1.54) is 34.2 Å². The molecule has 1 atom stereocenters. The lowest BCUT2D eigenvalue weighted by molar-refractivity contribution is 0.0267. The van der Waals surface area contributed by atoms with Gasteiger partial charge in [0.25, 0.3) is 0 Å². The molecule has 216 valence electrons. The summed E-state index contributed by atoms with van der Waals surface area (Å²) in [5.41, 5.74) is 22.0. The Balaban J connectivity index is 0. The summed E-state index contributed by atoms with van der Waals surface area (Å²) in [7, 11) is 3.15. The molecular formula is C30H52N4O3S. The Hall–Kier alpha value is -2.33. The Morgan fingerprint density at radius 1 is 1.05 bits per heavy atom. The van der Waals surface area contributed by atoms with E-state index in [-0.39, 0.29) is 7.34 Å². The SMILES string of the molecule is C=Cc1ccc(C2=CCC(C)/C(N)=N\c3sc(C)c(C)c32)cc1.CC.CN.COCCOCCOCCN.[HH]. The molecule has 2 aromatic rings. The van der Waals surface area contributed by atoms with Crippen LogP contribution in [0.2, 0.25) is 0 Å². The fourth-order valence-electron chi connectivity index (χ4n) is 3.36. The Labute approximate surface area is 236 Å². The van der Waals surface area contributed by atoms with Gasteiger partial charge in [-0.05, 0) is 49.6 Å². The predicted octanol–water partition coefficient (Wildman–Crippen LogP) is 5.94. The number of aryl methyl sites for hydroxylation is 1. The molecule has 0 radical (unpaired) electrons. The largest absolute Gasteiger partial charge is 0.387 e. The van der Waals surface area contributed by atoms with Crippen molar-refractivity contribution in [3.8, 4) is 0 Å². The van der Waals surface area contributed by atoms with E-state index >= 15 is 0 Å². The van der Waals surface area contributed by atoms with Gasteiger partial charge in [-0.1, -0.05) is 63.8 Å². The molecule has 0 saturated carbocycles. The molecule has 0 saturated heterocycles. The first-order chi connectivity index (χ1) is 18.4. The average molecular weight is 549 g/mol. The van der Waals surface area contributed by atoms with Crippen molar-refractivity contribution in [2.45, 2.75) is 41.0 Å². The van der Waals surface area contributed by atoms with Crippen LogP contribution < -0.4 is 17.2 Å². The monoisotopic (exact) mass is 548 g/mol. The average Bonchev–Trinajstić information content (AvgIpc) is 3.22. The van der Waals surface area contributed by atoms with Crippen molar-refractivity contribution >= 4 is 33.8 Å². The van der Waals surface area contributed by atoms with Crippen LogP contribution in [0.25, 0.3) is 11.6 Å². The maximum Gasteiger partial charge on any atom is 0.126 e. The topological polar surface area (TPSA) is 118 Å². The predicted molar refractivity (Wildman–Crippen MR) is 169 cm³/mol. The van der Waals surface area contributed by atoms with E-state index in [1.54, 1.807) is 18.4 Å². The fraction of sp³-hybridized carbons (Fsp3) is 0.500. The molecule has 0 spiro atoms. The number of benzene rings is 1. The number of amidine groups is 1. The zero-order chi connectivity index (χ0) is 28.9. The minimum absolute atomic E-state index is 0. The number of nitrogens with zero attached hydrogens (tertiary/aromatic N) is 1. The lowest BCUT2D eigenvalue weighted by atomic mass is 9.91. The first-order valence-electron chi connectivity index (χ1n) is 13.2. The third-order valence-corrected chi connectivity index (χ3v) is 6.67. The second-order valence-corrected chi connectivity index (χ2v) is 9.29. The number of rotatable bonds is 10. The highest BCUT2D eigenvalue weighted by atomic mass is 32.1. The zero-order valence-corrected chi connectivity index (χ0v) is 25.3. The molecule has 0 amide bonds. The van der Waals surface area contributed by atoms with Crippen LogP contribution in [0.1, 0.15) is 55.7 Å². The van der Waals surface area contributed by atoms with Crippen LogP contribution in [0, 0.1) is 19.8 Å². The summed E-state index contributed by atoms with van der Waals surface area (Å²) in [4.78, 5) is 6.03. The molecule has 6 N–H and O–H groups in total. The molecule has 0 bridgehead atoms. The number of ether oxygens (including phenoxy) is 3. The fourth-order valence-corrected chi connectivity index (χ4v) is 4.42. The van der Waals surface area contributed by atoms with Gasteiger partial charge in [-0.15, -0.1) is 11.3 Å². The zero-order valence-electron chi connectivity index (χ0n) is 24.5. The second kappa shape index (κ2) is 21.6. The molecule has 0 aliphatic carbocycles. The normalized spacial score (nSPS) is 15.3. The molecule has 38 heavy (non-hydrogen) atoms. The van der Waals surface area contributed by atoms with Crippen LogP contribution in [0.5, 0.6) is 0 Å². The maximum absolute atomic E-state index is 6.16. The first-order valence-corrected chi connectivity index (χ1v) is 14.0. The number of nitrogens with two attached hydrogens (primary N) is 3. The van der Waals surface area contributed by atoms with Crippen LogP contribution in [0.4, 0.5) is 5.00 Å².